The Morgan fingerprint density at radius 3 is 2.86 bits per heavy atom. The number of nitriles is 1. The molecule has 0 aliphatic carbocycles. The third kappa shape index (κ3) is 3.88. The van der Waals surface area contributed by atoms with E-state index in [4.69, 9.17) is 11.6 Å². The van der Waals surface area contributed by atoms with Crippen LogP contribution in [-0.4, -0.2) is 26.7 Å². The molecule has 7 nitrogen and oxygen atoms in total. The molecule has 0 spiro atoms. The van der Waals surface area contributed by atoms with Gasteiger partial charge in [0.15, 0.2) is 0 Å². The Labute approximate surface area is 168 Å². The van der Waals surface area contributed by atoms with Crippen LogP contribution in [0.15, 0.2) is 35.3 Å². The zero-order valence-electron chi connectivity index (χ0n) is 16.2. The van der Waals surface area contributed by atoms with Crippen molar-refractivity contribution in [1.29, 1.82) is 5.26 Å². The number of aromatic nitrogens is 3. The van der Waals surface area contributed by atoms with Gasteiger partial charge in [0.2, 0.25) is 0 Å². The van der Waals surface area contributed by atoms with E-state index in [9.17, 15) is 10.1 Å². The van der Waals surface area contributed by atoms with Gasteiger partial charge < -0.3 is 10.6 Å². The Hall–Kier alpha value is -2.82. The first-order chi connectivity index (χ1) is 13.5. The zero-order valence-corrected chi connectivity index (χ0v) is 17.0. The third-order valence-corrected chi connectivity index (χ3v) is 5.17. The van der Waals surface area contributed by atoms with E-state index < -0.39 is 0 Å². The van der Waals surface area contributed by atoms with Crippen molar-refractivity contribution in [2.45, 2.75) is 32.9 Å². The maximum Gasteiger partial charge on any atom is 0.328 e. The van der Waals surface area contributed by atoms with E-state index in [-0.39, 0.29) is 10.8 Å². The van der Waals surface area contributed by atoms with Gasteiger partial charge in [-0.3, -0.25) is 9.13 Å². The lowest BCUT2D eigenvalue weighted by molar-refractivity contribution is -0.684. The minimum Gasteiger partial charge on any atom is -0.354 e. The Kier molecular flexibility index (Phi) is 6.02. The second kappa shape index (κ2) is 8.46. The molecule has 3 N–H and O–H groups in total. The molecule has 0 radical (unpaired) electrons. The van der Waals surface area contributed by atoms with Crippen LogP contribution in [0.2, 0.25) is 5.15 Å². The highest BCUT2D eigenvalue weighted by molar-refractivity contribution is 6.31. The van der Waals surface area contributed by atoms with Crippen LogP contribution in [0, 0.1) is 11.3 Å². The number of rotatable bonds is 7. The number of imidazole rings is 1. The fraction of sp³-hybridized carbons (Fsp3) is 0.350. The van der Waals surface area contributed by atoms with Crippen LogP contribution in [0.5, 0.6) is 0 Å². The number of halogens is 1. The molecule has 2 aromatic heterocycles. The van der Waals surface area contributed by atoms with Crippen molar-refractivity contribution in [3.05, 3.63) is 51.7 Å². The minimum atomic E-state index is -0.0273. The molecule has 1 aromatic carbocycles. The molecule has 8 heteroatoms. The fourth-order valence-corrected chi connectivity index (χ4v) is 3.56. The number of pyridine rings is 1. The van der Waals surface area contributed by atoms with E-state index in [1.807, 2.05) is 22.8 Å². The second-order valence-electron chi connectivity index (χ2n) is 6.87. The molecule has 0 aliphatic heterocycles. The van der Waals surface area contributed by atoms with Crippen LogP contribution >= 0.6 is 11.6 Å². The van der Waals surface area contributed by atoms with Crippen LogP contribution in [0.25, 0.3) is 11.0 Å². The molecule has 1 unspecified atom stereocenters. The normalized spacial score (nSPS) is 12.1. The summed E-state index contributed by atoms with van der Waals surface area (Å²) in [5.74, 6) is 0. The van der Waals surface area contributed by atoms with Crippen molar-refractivity contribution in [2.24, 2.45) is 7.05 Å². The standard InChI is InChI=1S/C20H23ClN6O/c1-4-23-13(2)8-10-27-18-11-14(5-6-17(18)26(3)20(27)28)25-16-7-9-24-19(21)15(16)12-22/h5-7,9,11,13,23H,4,8,10H2,1-3H3,(H,24,25)/p+1. The molecule has 0 saturated carbocycles. The van der Waals surface area contributed by atoms with Crippen LogP contribution in [0.3, 0.4) is 0 Å². The van der Waals surface area contributed by atoms with Gasteiger partial charge in [0.05, 0.1) is 29.3 Å². The van der Waals surface area contributed by atoms with Crippen LogP contribution in [0.1, 0.15) is 25.8 Å². The number of anilines is 2. The maximum atomic E-state index is 12.7. The average molecular weight is 400 g/mol. The zero-order chi connectivity index (χ0) is 20.3. The molecule has 0 saturated heterocycles. The van der Waals surface area contributed by atoms with E-state index in [1.54, 1.807) is 23.9 Å². The van der Waals surface area contributed by atoms with Crippen LogP contribution < -0.4 is 16.3 Å². The van der Waals surface area contributed by atoms with E-state index in [2.05, 4.69) is 35.5 Å². The maximum absolute atomic E-state index is 12.7. The van der Waals surface area contributed by atoms with Crippen molar-refractivity contribution in [3.8, 4) is 6.07 Å². The predicted molar refractivity (Wildman–Crippen MR) is 111 cm³/mol. The Bertz CT molecular complexity index is 1090. The number of benzene rings is 1. The van der Waals surface area contributed by atoms with Gasteiger partial charge in [0.1, 0.15) is 16.8 Å². The summed E-state index contributed by atoms with van der Waals surface area (Å²) in [6.45, 7) is 5.97. The number of hydrogen-bond donors (Lipinski definition) is 2. The predicted octanol–water partition coefficient (Wildman–Crippen LogP) is 2.37. The Morgan fingerprint density at radius 1 is 1.36 bits per heavy atom. The van der Waals surface area contributed by atoms with Gasteiger partial charge in [0, 0.05) is 31.9 Å². The summed E-state index contributed by atoms with van der Waals surface area (Å²) in [4.78, 5) is 16.6. The quantitative estimate of drug-likeness (QED) is 0.596. The van der Waals surface area contributed by atoms with Crippen molar-refractivity contribution >= 4 is 34.0 Å². The highest BCUT2D eigenvalue weighted by atomic mass is 35.5. The molecule has 0 aliphatic rings. The van der Waals surface area contributed by atoms with Crippen molar-refractivity contribution in [1.82, 2.24) is 14.1 Å². The molecule has 28 heavy (non-hydrogen) atoms. The SMILES string of the molecule is CC[NH2+]C(C)CCn1c(=O)n(C)c2ccc(Nc3ccnc(Cl)c3C#N)cc21. The lowest BCUT2D eigenvalue weighted by Crippen LogP contribution is -2.88. The van der Waals surface area contributed by atoms with Crippen molar-refractivity contribution in [3.63, 3.8) is 0 Å². The highest BCUT2D eigenvalue weighted by Gasteiger charge is 2.14. The number of quaternary nitrogens is 1. The summed E-state index contributed by atoms with van der Waals surface area (Å²) < 4.78 is 3.47. The van der Waals surface area contributed by atoms with Gasteiger partial charge in [0.25, 0.3) is 0 Å². The molecule has 3 aromatic rings. The fourth-order valence-electron chi connectivity index (χ4n) is 3.36. The van der Waals surface area contributed by atoms with Crippen molar-refractivity contribution in [2.75, 3.05) is 11.9 Å². The van der Waals surface area contributed by atoms with Crippen LogP contribution in [0.4, 0.5) is 11.4 Å². The van der Waals surface area contributed by atoms with Crippen LogP contribution in [-0.2, 0) is 13.6 Å². The first kappa shape index (κ1) is 19.9. The van der Waals surface area contributed by atoms with E-state index in [0.29, 0.717) is 23.8 Å². The average Bonchev–Trinajstić information content (AvgIpc) is 2.91. The van der Waals surface area contributed by atoms with Gasteiger partial charge in [-0.25, -0.2) is 9.78 Å². The number of fused-ring (bicyclic) bond motifs is 1. The molecule has 0 amide bonds. The molecule has 3 rings (SSSR count). The number of aryl methyl sites for hydroxylation is 2. The van der Waals surface area contributed by atoms with Gasteiger partial charge in [-0.15, -0.1) is 0 Å². The summed E-state index contributed by atoms with van der Waals surface area (Å²) in [6.07, 6.45) is 2.46. The molecule has 0 bridgehead atoms. The molecular weight excluding hydrogens is 376 g/mol. The Balaban J connectivity index is 1.97. The third-order valence-electron chi connectivity index (χ3n) is 4.89. The summed E-state index contributed by atoms with van der Waals surface area (Å²) in [7, 11) is 1.78. The van der Waals surface area contributed by atoms with Gasteiger partial charge in [-0.2, -0.15) is 5.26 Å². The summed E-state index contributed by atoms with van der Waals surface area (Å²) in [5, 5.41) is 15.0. The first-order valence-electron chi connectivity index (χ1n) is 9.30. The summed E-state index contributed by atoms with van der Waals surface area (Å²) in [6, 6.07) is 9.95. The lowest BCUT2D eigenvalue weighted by atomic mass is 10.2. The molecule has 1 atom stereocenters. The number of hydrogen-bond acceptors (Lipinski definition) is 4. The topological polar surface area (TPSA) is 92.2 Å². The smallest absolute Gasteiger partial charge is 0.328 e. The molecular formula is C20H24ClN6O+. The first-order valence-corrected chi connectivity index (χ1v) is 9.68. The van der Waals surface area contributed by atoms with Gasteiger partial charge in [-0.05, 0) is 38.1 Å². The van der Waals surface area contributed by atoms with E-state index in [1.165, 1.54) is 0 Å². The van der Waals surface area contributed by atoms with E-state index >= 15 is 0 Å². The highest BCUT2D eigenvalue weighted by Crippen LogP contribution is 2.26. The summed E-state index contributed by atoms with van der Waals surface area (Å²) in [5.41, 5.74) is 3.35. The van der Waals surface area contributed by atoms with E-state index in [0.717, 1.165) is 29.7 Å². The lowest BCUT2D eigenvalue weighted by Gasteiger charge is -2.11. The molecule has 0 fully saturated rings. The van der Waals surface area contributed by atoms with Crippen molar-refractivity contribution < 1.29 is 5.32 Å². The minimum absolute atomic E-state index is 0.0273. The monoisotopic (exact) mass is 399 g/mol. The Morgan fingerprint density at radius 2 is 2.14 bits per heavy atom. The van der Waals surface area contributed by atoms with Gasteiger partial charge in [-0.1, -0.05) is 11.6 Å². The van der Waals surface area contributed by atoms with Gasteiger partial charge >= 0.3 is 5.69 Å². The number of nitrogens with two attached hydrogens (primary N) is 1. The second-order valence-corrected chi connectivity index (χ2v) is 7.23. The molecule has 2 heterocycles. The summed E-state index contributed by atoms with van der Waals surface area (Å²) >= 11 is 6.01. The number of nitrogens with one attached hydrogen (secondary N) is 1. The largest absolute Gasteiger partial charge is 0.354 e. The number of nitrogens with zero attached hydrogens (tertiary/aromatic N) is 4. The molecule has 146 valence electrons.